The van der Waals surface area contributed by atoms with Crippen LogP contribution in [0.1, 0.15) is 32.1 Å². The van der Waals surface area contributed by atoms with Gasteiger partial charge in [-0.1, -0.05) is 0 Å². The van der Waals surface area contributed by atoms with Crippen molar-refractivity contribution in [2.75, 3.05) is 26.2 Å². The Morgan fingerprint density at radius 2 is 2.19 bits per heavy atom. The Hall–Kier alpha value is -0.280. The van der Waals surface area contributed by atoms with Crippen molar-refractivity contribution in [1.82, 2.24) is 10.2 Å². The summed E-state index contributed by atoms with van der Waals surface area (Å²) in [7, 11) is 0. The van der Waals surface area contributed by atoms with Crippen molar-refractivity contribution in [2.45, 2.75) is 32.1 Å². The van der Waals surface area contributed by atoms with Crippen molar-refractivity contribution < 1.29 is 4.79 Å². The molecule has 1 spiro atoms. The lowest BCUT2D eigenvalue weighted by molar-refractivity contribution is -0.137. The van der Waals surface area contributed by atoms with Crippen molar-refractivity contribution in [3.8, 4) is 0 Å². The first-order valence-corrected chi connectivity index (χ1v) is 6.30. The first-order chi connectivity index (χ1) is 7.30. The molecule has 0 radical (unpaired) electrons. The average Bonchev–Trinajstić information content (AvgIpc) is 3.03. The fourth-order valence-electron chi connectivity index (χ4n) is 3.04. The molecule has 3 nitrogen and oxygen atoms in total. The maximum absolute atomic E-state index is 12.3. The summed E-state index contributed by atoms with van der Waals surface area (Å²) in [5.74, 6) is 1.28. The van der Waals surface area contributed by atoms with Crippen LogP contribution in [0.5, 0.6) is 0 Å². The van der Waals surface area contributed by atoms with Crippen LogP contribution < -0.4 is 5.32 Å². The Bertz CT molecular complexity index is 272. The van der Waals surface area contributed by atoms with E-state index in [0.717, 1.165) is 44.9 Å². The number of amides is 1. The van der Waals surface area contributed by atoms with Gasteiger partial charge in [0.15, 0.2) is 0 Å². The molecule has 4 heteroatoms. The Balaban J connectivity index is 0.000000963. The van der Waals surface area contributed by atoms with Crippen LogP contribution in [0.4, 0.5) is 0 Å². The van der Waals surface area contributed by atoms with Gasteiger partial charge in [-0.05, 0) is 44.6 Å². The molecule has 3 rings (SSSR count). The van der Waals surface area contributed by atoms with Gasteiger partial charge in [0.25, 0.3) is 0 Å². The van der Waals surface area contributed by atoms with Crippen molar-refractivity contribution in [2.24, 2.45) is 11.3 Å². The molecule has 1 aliphatic carbocycles. The zero-order chi connectivity index (χ0) is 10.3. The second-order valence-corrected chi connectivity index (χ2v) is 5.51. The predicted molar refractivity (Wildman–Crippen MR) is 65.7 cm³/mol. The smallest absolute Gasteiger partial charge is 0.230 e. The van der Waals surface area contributed by atoms with Gasteiger partial charge in [0, 0.05) is 19.6 Å². The maximum atomic E-state index is 12.3. The van der Waals surface area contributed by atoms with E-state index in [9.17, 15) is 4.79 Å². The van der Waals surface area contributed by atoms with Gasteiger partial charge in [0.2, 0.25) is 5.91 Å². The topological polar surface area (TPSA) is 32.3 Å². The van der Waals surface area contributed by atoms with E-state index >= 15 is 0 Å². The molecule has 1 amide bonds. The van der Waals surface area contributed by atoms with Crippen LogP contribution in [-0.2, 0) is 4.79 Å². The third-order valence-electron chi connectivity index (χ3n) is 4.25. The molecule has 0 aromatic rings. The van der Waals surface area contributed by atoms with Crippen LogP contribution in [0.25, 0.3) is 0 Å². The monoisotopic (exact) mass is 244 g/mol. The molecule has 1 atom stereocenters. The fraction of sp³-hybridized carbons (Fsp3) is 0.917. The van der Waals surface area contributed by atoms with Crippen LogP contribution >= 0.6 is 12.4 Å². The second-order valence-electron chi connectivity index (χ2n) is 5.51. The van der Waals surface area contributed by atoms with Gasteiger partial charge >= 0.3 is 0 Å². The van der Waals surface area contributed by atoms with Gasteiger partial charge in [-0.2, -0.15) is 0 Å². The number of carbonyl (C=O) groups excluding carboxylic acids is 1. The van der Waals surface area contributed by atoms with E-state index in [1.807, 2.05) is 0 Å². The van der Waals surface area contributed by atoms with E-state index in [-0.39, 0.29) is 17.8 Å². The highest BCUT2D eigenvalue weighted by atomic mass is 35.5. The second kappa shape index (κ2) is 4.53. The van der Waals surface area contributed by atoms with Crippen molar-refractivity contribution in [1.29, 1.82) is 0 Å². The van der Waals surface area contributed by atoms with Crippen LogP contribution in [0.15, 0.2) is 0 Å². The van der Waals surface area contributed by atoms with E-state index < -0.39 is 0 Å². The van der Waals surface area contributed by atoms with Crippen LogP contribution in [-0.4, -0.2) is 37.0 Å². The molecule has 16 heavy (non-hydrogen) atoms. The molecule has 3 aliphatic rings. The van der Waals surface area contributed by atoms with E-state index in [2.05, 4.69) is 10.2 Å². The van der Waals surface area contributed by atoms with E-state index in [1.165, 1.54) is 19.3 Å². The number of hydrogen-bond acceptors (Lipinski definition) is 2. The molecular weight excluding hydrogens is 224 g/mol. The van der Waals surface area contributed by atoms with Gasteiger partial charge in [0.05, 0.1) is 5.41 Å². The summed E-state index contributed by atoms with van der Waals surface area (Å²) in [5, 5.41) is 3.39. The molecule has 1 saturated carbocycles. The summed E-state index contributed by atoms with van der Waals surface area (Å²) < 4.78 is 0. The third kappa shape index (κ3) is 2.07. The number of nitrogens with one attached hydrogen (secondary N) is 1. The Morgan fingerprint density at radius 1 is 1.38 bits per heavy atom. The Morgan fingerprint density at radius 3 is 2.81 bits per heavy atom. The summed E-state index contributed by atoms with van der Waals surface area (Å²) >= 11 is 0. The lowest BCUT2D eigenvalue weighted by Crippen LogP contribution is -2.45. The molecule has 2 heterocycles. The molecule has 3 fully saturated rings. The molecule has 1 N–H and O–H groups in total. The quantitative estimate of drug-likeness (QED) is 0.797. The largest absolute Gasteiger partial charge is 0.342 e. The lowest BCUT2D eigenvalue weighted by Gasteiger charge is -2.32. The SMILES string of the molecule is Cl.O=C1N(CC2CC2)CCC12CCCNC2. The van der Waals surface area contributed by atoms with Crippen LogP contribution in [0.2, 0.25) is 0 Å². The number of hydrogen-bond donors (Lipinski definition) is 1. The number of halogens is 1. The van der Waals surface area contributed by atoms with Gasteiger partial charge in [-0.3, -0.25) is 4.79 Å². The molecule has 0 aromatic heterocycles. The van der Waals surface area contributed by atoms with Gasteiger partial charge < -0.3 is 10.2 Å². The minimum atomic E-state index is -0.00681. The number of rotatable bonds is 2. The minimum Gasteiger partial charge on any atom is -0.342 e. The number of piperidine rings is 1. The highest BCUT2D eigenvalue weighted by molar-refractivity contribution is 5.85. The molecule has 0 bridgehead atoms. The van der Waals surface area contributed by atoms with E-state index in [1.54, 1.807) is 0 Å². The first kappa shape index (κ1) is 12.2. The number of nitrogens with zero attached hydrogens (tertiary/aromatic N) is 1. The predicted octanol–water partition coefficient (Wildman–Crippen LogP) is 1.42. The summed E-state index contributed by atoms with van der Waals surface area (Å²) in [6.45, 7) is 4.07. The summed E-state index contributed by atoms with van der Waals surface area (Å²) in [6, 6.07) is 0. The standard InChI is InChI=1S/C12H20N2O.ClH/c15-11-12(4-1-6-13-9-12)5-7-14(11)8-10-2-3-10;/h10,13H,1-9H2;1H. The van der Waals surface area contributed by atoms with Gasteiger partial charge in [-0.15, -0.1) is 12.4 Å². The highest BCUT2D eigenvalue weighted by Gasteiger charge is 2.47. The molecule has 1 unspecified atom stereocenters. The molecular formula is C12H21ClN2O. The average molecular weight is 245 g/mol. The Kier molecular flexibility index (Phi) is 3.45. The minimum absolute atomic E-state index is 0. The zero-order valence-electron chi connectivity index (χ0n) is 9.71. The normalized spacial score (nSPS) is 34.2. The highest BCUT2D eigenvalue weighted by Crippen LogP contribution is 2.40. The van der Waals surface area contributed by atoms with Crippen LogP contribution in [0.3, 0.4) is 0 Å². The lowest BCUT2D eigenvalue weighted by atomic mass is 9.79. The fourth-order valence-corrected chi connectivity index (χ4v) is 3.04. The first-order valence-electron chi connectivity index (χ1n) is 6.30. The van der Waals surface area contributed by atoms with Gasteiger partial charge in [-0.25, -0.2) is 0 Å². The number of carbonyl (C=O) groups is 1. The van der Waals surface area contributed by atoms with E-state index in [0.29, 0.717) is 5.91 Å². The third-order valence-corrected chi connectivity index (χ3v) is 4.25. The van der Waals surface area contributed by atoms with Crippen molar-refractivity contribution >= 4 is 18.3 Å². The number of likely N-dealkylation sites (tertiary alicyclic amines) is 1. The van der Waals surface area contributed by atoms with E-state index in [4.69, 9.17) is 0 Å². The molecule has 92 valence electrons. The molecule has 0 aromatic carbocycles. The maximum Gasteiger partial charge on any atom is 0.230 e. The van der Waals surface area contributed by atoms with Crippen LogP contribution in [0, 0.1) is 11.3 Å². The zero-order valence-corrected chi connectivity index (χ0v) is 10.5. The van der Waals surface area contributed by atoms with Gasteiger partial charge in [0.1, 0.15) is 0 Å². The Labute approximate surface area is 103 Å². The van der Waals surface area contributed by atoms with Crippen molar-refractivity contribution in [3.05, 3.63) is 0 Å². The summed E-state index contributed by atoms with van der Waals surface area (Å²) in [4.78, 5) is 14.5. The summed E-state index contributed by atoms with van der Waals surface area (Å²) in [6.07, 6.45) is 6.05. The summed E-state index contributed by atoms with van der Waals surface area (Å²) in [5.41, 5.74) is -0.00681. The van der Waals surface area contributed by atoms with Crippen molar-refractivity contribution in [3.63, 3.8) is 0 Å². The molecule has 2 aliphatic heterocycles. The molecule has 2 saturated heterocycles.